The minimum Gasteiger partial charge on any atom is -0.507 e. The molecule has 3 nitrogen and oxygen atoms in total. The summed E-state index contributed by atoms with van der Waals surface area (Å²) < 4.78 is 0. The number of phenols is 1. The highest BCUT2D eigenvalue weighted by atomic mass is 16.3. The van der Waals surface area contributed by atoms with E-state index < -0.39 is 0 Å². The van der Waals surface area contributed by atoms with Gasteiger partial charge in [0.25, 0.3) is 0 Å². The average Bonchev–Trinajstić information content (AvgIpc) is 2.20. The summed E-state index contributed by atoms with van der Waals surface area (Å²) in [7, 11) is 0. The van der Waals surface area contributed by atoms with E-state index in [0.29, 0.717) is 12.0 Å². The van der Waals surface area contributed by atoms with Gasteiger partial charge in [0.15, 0.2) is 5.78 Å². The third-order valence-electron chi connectivity index (χ3n) is 2.19. The smallest absolute Gasteiger partial charge is 0.173 e. The molecule has 0 radical (unpaired) electrons. The lowest BCUT2D eigenvalue weighted by atomic mass is 10.0. The topological polar surface area (TPSA) is 54.4 Å². The van der Waals surface area contributed by atoms with Gasteiger partial charge in [0.2, 0.25) is 0 Å². The number of para-hydroxylation sites is 1. The molecule has 84 valence electrons. The second-order valence-corrected chi connectivity index (χ2v) is 3.61. The van der Waals surface area contributed by atoms with Crippen LogP contribution in [0.2, 0.25) is 0 Å². The van der Waals surface area contributed by atoms with Gasteiger partial charge < -0.3 is 5.11 Å². The van der Waals surface area contributed by atoms with E-state index in [1.165, 1.54) is 13.0 Å². The second-order valence-electron chi connectivity index (χ2n) is 3.61. The summed E-state index contributed by atoms with van der Waals surface area (Å²) in [4.78, 5) is 22.5. The van der Waals surface area contributed by atoms with Crippen molar-refractivity contribution in [1.82, 2.24) is 0 Å². The Morgan fingerprint density at radius 3 is 2.69 bits per heavy atom. The number of rotatable bonds is 5. The van der Waals surface area contributed by atoms with Gasteiger partial charge in [-0.1, -0.05) is 18.2 Å². The molecule has 0 amide bonds. The predicted molar refractivity (Wildman–Crippen MR) is 61.6 cm³/mol. The van der Waals surface area contributed by atoms with Crippen molar-refractivity contribution in [2.75, 3.05) is 0 Å². The molecule has 0 atom stereocenters. The van der Waals surface area contributed by atoms with Gasteiger partial charge in [0.1, 0.15) is 11.5 Å². The van der Waals surface area contributed by atoms with E-state index >= 15 is 0 Å². The zero-order valence-electron chi connectivity index (χ0n) is 9.19. The van der Waals surface area contributed by atoms with Crippen molar-refractivity contribution in [3.63, 3.8) is 0 Å². The molecule has 0 fully saturated rings. The van der Waals surface area contributed by atoms with Crippen molar-refractivity contribution in [1.29, 1.82) is 0 Å². The van der Waals surface area contributed by atoms with Crippen LogP contribution >= 0.6 is 0 Å². The monoisotopic (exact) mass is 218 g/mol. The fourth-order valence-electron chi connectivity index (χ4n) is 1.46. The Labute approximate surface area is 94.4 Å². The fraction of sp³-hybridized carbons (Fsp3) is 0.231. The quantitative estimate of drug-likeness (QED) is 0.468. The molecule has 1 N–H and O–H groups in total. The lowest BCUT2D eigenvalue weighted by Gasteiger charge is -2.06. The molecule has 0 aromatic heterocycles. The summed E-state index contributed by atoms with van der Waals surface area (Å²) in [5.74, 6) is -0.608. The standard InChI is InChI=1S/C13H14O3/c1-3-5-10-6-4-7-11(13(10)16)12(15)8-9(2)14/h3-4,6-7,16H,1,5,8H2,2H3. The highest BCUT2D eigenvalue weighted by Gasteiger charge is 2.14. The average molecular weight is 218 g/mol. The molecule has 0 heterocycles. The first kappa shape index (κ1) is 12.2. The third-order valence-corrected chi connectivity index (χ3v) is 2.19. The number of aromatic hydroxyl groups is 1. The molecule has 0 saturated carbocycles. The maximum absolute atomic E-state index is 11.6. The summed E-state index contributed by atoms with van der Waals surface area (Å²) >= 11 is 0. The molecule has 0 saturated heterocycles. The Kier molecular flexibility index (Phi) is 4.00. The van der Waals surface area contributed by atoms with Crippen LogP contribution < -0.4 is 0 Å². The Morgan fingerprint density at radius 2 is 2.12 bits per heavy atom. The molecule has 0 unspecified atom stereocenters. The Morgan fingerprint density at radius 1 is 1.44 bits per heavy atom. The van der Waals surface area contributed by atoms with E-state index in [1.54, 1.807) is 18.2 Å². The van der Waals surface area contributed by atoms with E-state index in [4.69, 9.17) is 0 Å². The number of Topliss-reactive ketones (excluding diaryl/α,β-unsaturated/α-hetero) is 2. The van der Waals surface area contributed by atoms with Crippen molar-refractivity contribution in [2.45, 2.75) is 19.8 Å². The van der Waals surface area contributed by atoms with Crippen LogP contribution in [0.4, 0.5) is 0 Å². The van der Waals surface area contributed by atoms with E-state index in [2.05, 4.69) is 6.58 Å². The second kappa shape index (κ2) is 5.26. The Bertz CT molecular complexity index is 433. The summed E-state index contributed by atoms with van der Waals surface area (Å²) in [6, 6.07) is 4.93. The molecular formula is C13H14O3. The molecule has 16 heavy (non-hydrogen) atoms. The molecule has 1 aromatic rings. The fourth-order valence-corrected chi connectivity index (χ4v) is 1.46. The van der Waals surface area contributed by atoms with Crippen LogP contribution in [0, 0.1) is 0 Å². The number of phenolic OH excluding ortho intramolecular Hbond substituents is 1. The van der Waals surface area contributed by atoms with E-state index in [-0.39, 0.29) is 29.3 Å². The summed E-state index contributed by atoms with van der Waals surface area (Å²) in [5.41, 5.74) is 0.846. The molecule has 0 aliphatic carbocycles. The Hall–Kier alpha value is -1.90. The van der Waals surface area contributed by atoms with Crippen molar-refractivity contribution in [3.05, 3.63) is 42.0 Å². The summed E-state index contributed by atoms with van der Waals surface area (Å²) in [5, 5.41) is 9.82. The first-order valence-corrected chi connectivity index (χ1v) is 5.00. The number of ketones is 2. The zero-order chi connectivity index (χ0) is 12.1. The van der Waals surface area contributed by atoms with Crippen LogP contribution in [0.5, 0.6) is 5.75 Å². The minimum atomic E-state index is -0.351. The zero-order valence-corrected chi connectivity index (χ0v) is 9.19. The predicted octanol–water partition coefficient (Wildman–Crippen LogP) is 2.28. The van der Waals surface area contributed by atoms with Gasteiger partial charge in [0, 0.05) is 0 Å². The summed E-state index contributed by atoms with van der Waals surface area (Å²) in [6.07, 6.45) is 1.96. The lowest BCUT2D eigenvalue weighted by molar-refractivity contribution is -0.116. The maximum Gasteiger partial charge on any atom is 0.173 e. The van der Waals surface area contributed by atoms with Crippen molar-refractivity contribution in [2.24, 2.45) is 0 Å². The minimum absolute atomic E-state index is 0.0475. The van der Waals surface area contributed by atoms with Crippen LogP contribution in [-0.2, 0) is 11.2 Å². The summed E-state index contributed by atoms with van der Waals surface area (Å²) in [6.45, 7) is 4.92. The van der Waals surface area contributed by atoms with Crippen LogP contribution in [-0.4, -0.2) is 16.7 Å². The van der Waals surface area contributed by atoms with Gasteiger partial charge in [-0.25, -0.2) is 0 Å². The number of hydrogen-bond donors (Lipinski definition) is 1. The first-order valence-electron chi connectivity index (χ1n) is 5.00. The highest BCUT2D eigenvalue weighted by Crippen LogP contribution is 2.24. The normalized spacial score (nSPS) is 9.81. The molecule has 0 bridgehead atoms. The van der Waals surface area contributed by atoms with Gasteiger partial charge in [-0.05, 0) is 25.0 Å². The maximum atomic E-state index is 11.6. The van der Waals surface area contributed by atoms with Gasteiger partial charge in [-0.2, -0.15) is 0 Å². The SMILES string of the molecule is C=CCc1cccc(C(=O)CC(C)=O)c1O. The number of benzene rings is 1. The number of carbonyl (C=O) groups excluding carboxylic acids is 2. The van der Waals surface area contributed by atoms with Gasteiger partial charge >= 0.3 is 0 Å². The molecule has 1 rings (SSSR count). The van der Waals surface area contributed by atoms with Crippen molar-refractivity contribution >= 4 is 11.6 Å². The van der Waals surface area contributed by atoms with Gasteiger partial charge in [-0.3, -0.25) is 9.59 Å². The molecule has 0 spiro atoms. The van der Waals surface area contributed by atoms with Crippen molar-refractivity contribution in [3.8, 4) is 5.75 Å². The highest BCUT2D eigenvalue weighted by molar-refractivity contribution is 6.08. The molecule has 3 heteroatoms. The van der Waals surface area contributed by atoms with E-state index in [1.807, 2.05) is 0 Å². The Balaban J connectivity index is 3.04. The largest absolute Gasteiger partial charge is 0.507 e. The third kappa shape index (κ3) is 2.79. The van der Waals surface area contributed by atoms with E-state index in [9.17, 15) is 14.7 Å². The van der Waals surface area contributed by atoms with Crippen LogP contribution in [0.3, 0.4) is 0 Å². The van der Waals surface area contributed by atoms with Crippen LogP contribution in [0.15, 0.2) is 30.9 Å². The number of allylic oxidation sites excluding steroid dienone is 1. The first-order chi connectivity index (χ1) is 7.56. The molecule has 1 aromatic carbocycles. The van der Waals surface area contributed by atoms with Crippen molar-refractivity contribution < 1.29 is 14.7 Å². The van der Waals surface area contributed by atoms with E-state index in [0.717, 1.165) is 0 Å². The van der Waals surface area contributed by atoms with Gasteiger partial charge in [0.05, 0.1) is 12.0 Å². The van der Waals surface area contributed by atoms with Gasteiger partial charge in [-0.15, -0.1) is 6.58 Å². The van der Waals surface area contributed by atoms with Crippen LogP contribution in [0.25, 0.3) is 0 Å². The molecule has 0 aliphatic heterocycles. The van der Waals surface area contributed by atoms with Crippen LogP contribution in [0.1, 0.15) is 29.3 Å². The molecule has 0 aliphatic rings. The lowest BCUT2D eigenvalue weighted by Crippen LogP contribution is -2.05. The number of hydrogen-bond acceptors (Lipinski definition) is 3. The molecular weight excluding hydrogens is 204 g/mol. The number of carbonyl (C=O) groups is 2.